The third-order valence-corrected chi connectivity index (χ3v) is 7.72. The highest BCUT2D eigenvalue weighted by Gasteiger charge is 2.43. The molecule has 1 heterocycles. The number of hydrogen-bond acceptors (Lipinski definition) is 3. The fraction of sp³-hybridized carbons (Fsp3) is 0.333. The van der Waals surface area contributed by atoms with Crippen molar-refractivity contribution in [2.24, 2.45) is 0 Å². The summed E-state index contributed by atoms with van der Waals surface area (Å²) in [6.07, 6.45) is 8.56. The summed E-state index contributed by atoms with van der Waals surface area (Å²) in [5.74, 6) is 0.712. The van der Waals surface area contributed by atoms with Gasteiger partial charge < -0.3 is 0 Å². The Bertz CT molecular complexity index is 1200. The van der Waals surface area contributed by atoms with Crippen LogP contribution in [0, 0.1) is 6.92 Å². The summed E-state index contributed by atoms with van der Waals surface area (Å²) in [7, 11) is 0. The predicted molar refractivity (Wildman–Crippen MR) is 129 cm³/mol. The third-order valence-electron chi connectivity index (χ3n) is 6.78. The Balaban J connectivity index is 1.84. The van der Waals surface area contributed by atoms with Crippen molar-refractivity contribution >= 4 is 11.8 Å². The first-order chi connectivity index (χ1) is 15.1. The van der Waals surface area contributed by atoms with Crippen molar-refractivity contribution in [2.75, 3.05) is 5.75 Å². The number of rotatable bonds is 4. The Kier molecular flexibility index (Phi) is 5.35. The molecule has 0 unspecified atom stereocenters. The normalized spacial score (nSPS) is 16.5. The van der Waals surface area contributed by atoms with Crippen LogP contribution in [-0.4, -0.2) is 15.3 Å². The van der Waals surface area contributed by atoms with E-state index in [2.05, 4.69) is 49.9 Å². The molecule has 3 nitrogen and oxygen atoms in total. The fourth-order valence-corrected chi connectivity index (χ4v) is 6.15. The Hall–Kier alpha value is -2.59. The van der Waals surface area contributed by atoms with Crippen LogP contribution in [0.5, 0.6) is 0 Å². The molecule has 0 bridgehead atoms. The highest BCUT2D eigenvalue weighted by molar-refractivity contribution is 7.99. The molecule has 0 saturated heterocycles. The second-order valence-corrected chi connectivity index (χ2v) is 9.86. The van der Waals surface area contributed by atoms with E-state index in [1.165, 1.54) is 24.8 Å². The molecule has 1 spiro atoms. The van der Waals surface area contributed by atoms with Crippen molar-refractivity contribution in [1.29, 1.82) is 0 Å². The van der Waals surface area contributed by atoms with Crippen LogP contribution in [0.3, 0.4) is 0 Å². The maximum absolute atomic E-state index is 14.3. The lowest BCUT2D eigenvalue weighted by Gasteiger charge is -2.42. The Morgan fingerprint density at radius 1 is 1.13 bits per heavy atom. The molecule has 5 rings (SSSR count). The molecule has 31 heavy (non-hydrogen) atoms. The molecule has 0 aliphatic heterocycles. The molecule has 4 heteroatoms. The van der Waals surface area contributed by atoms with Crippen LogP contribution in [0.25, 0.3) is 16.9 Å². The van der Waals surface area contributed by atoms with Gasteiger partial charge in [0.1, 0.15) is 0 Å². The lowest BCUT2D eigenvalue weighted by molar-refractivity contribution is 0.283. The Labute approximate surface area is 188 Å². The van der Waals surface area contributed by atoms with E-state index in [4.69, 9.17) is 4.98 Å². The number of thioether (sulfide) groups is 1. The van der Waals surface area contributed by atoms with Gasteiger partial charge in [0.2, 0.25) is 0 Å². The van der Waals surface area contributed by atoms with Gasteiger partial charge >= 0.3 is 0 Å². The second kappa shape index (κ2) is 8.16. The molecule has 1 fully saturated rings. The third kappa shape index (κ3) is 3.47. The van der Waals surface area contributed by atoms with E-state index in [0.717, 1.165) is 52.5 Å². The van der Waals surface area contributed by atoms with Gasteiger partial charge in [0.15, 0.2) is 5.16 Å². The number of fused-ring (bicyclic) bond motifs is 4. The van der Waals surface area contributed by atoms with E-state index in [0.29, 0.717) is 5.75 Å². The molecule has 2 aliphatic carbocycles. The minimum atomic E-state index is -0.0980. The first-order valence-electron chi connectivity index (χ1n) is 11.2. The Morgan fingerprint density at radius 3 is 2.71 bits per heavy atom. The first kappa shape index (κ1) is 20.3. The van der Waals surface area contributed by atoms with Gasteiger partial charge in [-0.25, -0.2) is 4.98 Å². The van der Waals surface area contributed by atoms with Gasteiger partial charge in [0.05, 0.1) is 16.9 Å². The minimum Gasteiger partial charge on any atom is -0.268 e. The lowest BCUT2D eigenvalue weighted by atomic mass is 9.62. The molecule has 1 saturated carbocycles. The van der Waals surface area contributed by atoms with Crippen LogP contribution in [0.4, 0.5) is 0 Å². The van der Waals surface area contributed by atoms with Crippen LogP contribution in [0.1, 0.15) is 48.8 Å². The highest BCUT2D eigenvalue weighted by atomic mass is 32.2. The highest BCUT2D eigenvalue weighted by Crippen LogP contribution is 2.49. The summed E-state index contributed by atoms with van der Waals surface area (Å²) in [6, 6.07) is 16.7. The molecule has 0 radical (unpaired) electrons. The molecule has 0 atom stereocenters. The summed E-state index contributed by atoms with van der Waals surface area (Å²) < 4.78 is 1.85. The number of nitrogens with zero attached hydrogens (tertiary/aromatic N) is 2. The van der Waals surface area contributed by atoms with Crippen molar-refractivity contribution in [3.63, 3.8) is 0 Å². The van der Waals surface area contributed by atoms with Crippen LogP contribution >= 0.6 is 11.8 Å². The second-order valence-electron chi connectivity index (χ2n) is 8.87. The zero-order valence-corrected chi connectivity index (χ0v) is 18.9. The lowest BCUT2D eigenvalue weighted by Crippen LogP contribution is -2.42. The zero-order valence-electron chi connectivity index (χ0n) is 18.1. The fourth-order valence-electron chi connectivity index (χ4n) is 5.41. The van der Waals surface area contributed by atoms with E-state index in [9.17, 15) is 4.79 Å². The summed E-state index contributed by atoms with van der Waals surface area (Å²) in [6.45, 7) is 5.94. The van der Waals surface area contributed by atoms with Gasteiger partial charge in [0, 0.05) is 16.7 Å². The standard InChI is InChI=1S/C27H28N2OS/c1-3-16-31-26-28-24-22-13-6-5-11-20(22)18-27(14-7-4-8-15-27)23(24)25(30)29(26)21-12-9-10-19(2)17-21/h3,5-6,9-13,17H,1,4,7-8,14-16,18H2,2H3. The molecule has 0 N–H and O–H groups in total. The van der Waals surface area contributed by atoms with Crippen molar-refractivity contribution in [1.82, 2.24) is 9.55 Å². The molecular formula is C27H28N2OS. The molecule has 158 valence electrons. The maximum Gasteiger partial charge on any atom is 0.263 e. The van der Waals surface area contributed by atoms with E-state index < -0.39 is 0 Å². The summed E-state index contributed by atoms with van der Waals surface area (Å²) >= 11 is 1.58. The summed E-state index contributed by atoms with van der Waals surface area (Å²) in [5.41, 5.74) is 6.35. The van der Waals surface area contributed by atoms with Crippen LogP contribution in [0.15, 0.2) is 71.1 Å². The van der Waals surface area contributed by atoms with Crippen LogP contribution < -0.4 is 5.56 Å². The van der Waals surface area contributed by atoms with Crippen molar-refractivity contribution in [2.45, 2.75) is 56.0 Å². The van der Waals surface area contributed by atoms with E-state index in [-0.39, 0.29) is 11.0 Å². The minimum absolute atomic E-state index is 0.0980. The molecule has 3 aromatic rings. The van der Waals surface area contributed by atoms with Crippen molar-refractivity contribution in [3.05, 3.63) is 88.2 Å². The van der Waals surface area contributed by atoms with Gasteiger partial charge in [0.25, 0.3) is 5.56 Å². The smallest absolute Gasteiger partial charge is 0.263 e. The van der Waals surface area contributed by atoms with Gasteiger partial charge in [-0.1, -0.05) is 73.5 Å². The van der Waals surface area contributed by atoms with Gasteiger partial charge in [-0.3, -0.25) is 9.36 Å². The number of aromatic nitrogens is 2. The van der Waals surface area contributed by atoms with Gasteiger partial charge in [-0.15, -0.1) is 6.58 Å². The Morgan fingerprint density at radius 2 is 1.94 bits per heavy atom. The van der Waals surface area contributed by atoms with Crippen LogP contribution in [0.2, 0.25) is 0 Å². The molecule has 2 aromatic carbocycles. The zero-order chi connectivity index (χ0) is 21.4. The quantitative estimate of drug-likeness (QED) is 0.280. The van der Waals surface area contributed by atoms with Crippen molar-refractivity contribution < 1.29 is 0 Å². The van der Waals surface area contributed by atoms with Crippen LogP contribution in [-0.2, 0) is 11.8 Å². The average molecular weight is 429 g/mol. The summed E-state index contributed by atoms with van der Waals surface area (Å²) in [4.78, 5) is 19.5. The number of aryl methyl sites for hydroxylation is 1. The van der Waals surface area contributed by atoms with E-state index in [1.54, 1.807) is 11.8 Å². The van der Waals surface area contributed by atoms with Gasteiger partial charge in [-0.2, -0.15) is 0 Å². The van der Waals surface area contributed by atoms with Crippen molar-refractivity contribution in [3.8, 4) is 16.9 Å². The van der Waals surface area contributed by atoms with E-state index >= 15 is 0 Å². The first-order valence-corrected chi connectivity index (χ1v) is 12.2. The van der Waals surface area contributed by atoms with E-state index in [1.807, 2.05) is 22.8 Å². The average Bonchev–Trinajstić information content (AvgIpc) is 2.78. The topological polar surface area (TPSA) is 34.9 Å². The number of hydrogen-bond donors (Lipinski definition) is 0. The molecule has 2 aliphatic rings. The predicted octanol–water partition coefficient (Wildman–Crippen LogP) is 6.24. The monoisotopic (exact) mass is 428 g/mol. The van der Waals surface area contributed by atoms with Gasteiger partial charge in [-0.05, 0) is 49.4 Å². The SMILES string of the molecule is C=CCSc1nc2c(c(=O)n1-c1cccc(C)c1)C1(CCCCC1)Cc1ccccc1-2. The largest absolute Gasteiger partial charge is 0.268 e. The molecule has 0 amide bonds. The number of benzene rings is 2. The molecular weight excluding hydrogens is 400 g/mol. The maximum atomic E-state index is 14.3. The molecule has 1 aromatic heterocycles. The summed E-state index contributed by atoms with van der Waals surface area (Å²) in [5, 5.41) is 0.747.